The molecule has 0 aliphatic heterocycles. The van der Waals surface area contributed by atoms with Crippen molar-refractivity contribution in [3.8, 4) is 0 Å². The lowest BCUT2D eigenvalue weighted by Gasteiger charge is -2.26. The molecular weight excluding hydrogens is 228 g/mol. The second-order valence-electron chi connectivity index (χ2n) is 4.87. The van der Waals surface area contributed by atoms with E-state index in [-0.39, 0.29) is 11.7 Å². The lowest BCUT2D eigenvalue weighted by molar-refractivity contribution is -0.313. The fourth-order valence-electron chi connectivity index (χ4n) is 2.09. The van der Waals surface area contributed by atoms with Gasteiger partial charge in [-0.05, 0) is 24.8 Å². The van der Waals surface area contributed by atoms with Crippen LogP contribution >= 0.6 is 0 Å². The quantitative estimate of drug-likeness (QED) is 0.769. The van der Waals surface area contributed by atoms with Crippen molar-refractivity contribution in [2.24, 2.45) is 11.8 Å². The Balaban J connectivity index is 2.79. The van der Waals surface area contributed by atoms with Gasteiger partial charge in [-0.3, -0.25) is 4.79 Å². The molecule has 3 unspecified atom stereocenters. The van der Waals surface area contributed by atoms with Crippen LogP contribution < -0.4 is 5.11 Å². The third-order valence-corrected chi connectivity index (χ3v) is 3.52. The van der Waals surface area contributed by atoms with Crippen LogP contribution in [0.4, 0.5) is 0 Å². The first-order chi connectivity index (χ1) is 8.43. The normalized spacial score (nSPS) is 15.7. The second kappa shape index (κ2) is 6.34. The number of benzene rings is 1. The molecule has 98 valence electrons. The highest BCUT2D eigenvalue weighted by atomic mass is 16.4. The summed E-state index contributed by atoms with van der Waals surface area (Å²) in [5.74, 6) is -2.38. The first-order valence-corrected chi connectivity index (χ1v) is 6.19. The molecule has 0 aromatic heterocycles. The summed E-state index contributed by atoms with van der Waals surface area (Å²) in [4.78, 5) is 22.5. The molecule has 3 atom stereocenters. The molecule has 0 saturated carbocycles. The number of rotatable bonds is 6. The monoisotopic (exact) mass is 247 g/mol. The highest BCUT2D eigenvalue weighted by molar-refractivity contribution is 5.83. The zero-order chi connectivity index (χ0) is 13.7. The summed E-state index contributed by atoms with van der Waals surface area (Å²) in [5.41, 5.74) is 1.08. The van der Waals surface area contributed by atoms with Gasteiger partial charge in [0.2, 0.25) is 0 Å². The Labute approximate surface area is 108 Å². The number of carbonyl (C=O) groups excluding carboxylic acids is 2. The van der Waals surface area contributed by atoms with Gasteiger partial charge in [0.15, 0.2) is 0 Å². The minimum absolute atomic E-state index is 0.0934. The van der Waals surface area contributed by atoms with Gasteiger partial charge in [0.25, 0.3) is 0 Å². The molecule has 1 rings (SSSR count). The summed E-state index contributed by atoms with van der Waals surface area (Å²) < 4.78 is 0. The summed E-state index contributed by atoms with van der Waals surface area (Å²) >= 11 is 0. The molecule has 0 N–H and O–H groups in total. The molecule has 1 aromatic carbocycles. The van der Waals surface area contributed by atoms with E-state index in [0.29, 0.717) is 6.42 Å². The van der Waals surface area contributed by atoms with E-state index in [1.54, 1.807) is 6.92 Å². The van der Waals surface area contributed by atoms with Gasteiger partial charge in [-0.1, -0.05) is 44.2 Å². The molecule has 1 aromatic rings. The van der Waals surface area contributed by atoms with Crippen LogP contribution in [0.2, 0.25) is 0 Å². The Morgan fingerprint density at radius 1 is 1.17 bits per heavy atom. The maximum atomic E-state index is 11.3. The van der Waals surface area contributed by atoms with E-state index in [2.05, 4.69) is 0 Å². The molecule has 0 radical (unpaired) electrons. The van der Waals surface area contributed by atoms with Gasteiger partial charge in [-0.25, -0.2) is 0 Å². The number of carboxylic acid groups (broad SMARTS) is 1. The summed E-state index contributed by atoms with van der Waals surface area (Å²) in [6, 6.07) is 9.71. The summed E-state index contributed by atoms with van der Waals surface area (Å²) in [7, 11) is 0. The van der Waals surface area contributed by atoms with Crippen molar-refractivity contribution in [2.75, 3.05) is 0 Å². The van der Waals surface area contributed by atoms with Gasteiger partial charge in [0, 0.05) is 17.8 Å². The zero-order valence-electron chi connectivity index (χ0n) is 11.1. The summed E-state index contributed by atoms with van der Waals surface area (Å²) in [6.45, 7) is 5.05. The van der Waals surface area contributed by atoms with Crippen LogP contribution in [0.15, 0.2) is 30.3 Å². The highest BCUT2D eigenvalue weighted by Crippen LogP contribution is 2.27. The number of ketones is 1. The molecule has 0 amide bonds. The molecule has 18 heavy (non-hydrogen) atoms. The van der Waals surface area contributed by atoms with Gasteiger partial charge in [-0.15, -0.1) is 0 Å². The Kier molecular flexibility index (Phi) is 5.08. The van der Waals surface area contributed by atoms with E-state index < -0.39 is 17.8 Å². The number of aliphatic carboxylic acids is 1. The van der Waals surface area contributed by atoms with Crippen LogP contribution in [0.1, 0.15) is 38.7 Å². The molecule has 0 saturated heterocycles. The number of Topliss-reactive ketones (excluding diaryl/α,β-unsaturated/α-hetero) is 1. The van der Waals surface area contributed by atoms with Crippen molar-refractivity contribution in [2.45, 2.75) is 33.1 Å². The van der Waals surface area contributed by atoms with Crippen LogP contribution in [-0.4, -0.2) is 11.8 Å². The van der Waals surface area contributed by atoms with Gasteiger partial charge in [0.05, 0.1) is 0 Å². The summed E-state index contributed by atoms with van der Waals surface area (Å²) in [6.07, 6.45) is 0.424. The van der Waals surface area contributed by atoms with Crippen LogP contribution in [0, 0.1) is 11.8 Å². The Morgan fingerprint density at radius 3 is 2.17 bits per heavy atom. The van der Waals surface area contributed by atoms with Crippen molar-refractivity contribution in [3.05, 3.63) is 35.9 Å². The minimum atomic E-state index is -1.14. The van der Waals surface area contributed by atoms with E-state index in [4.69, 9.17) is 0 Å². The summed E-state index contributed by atoms with van der Waals surface area (Å²) in [5, 5.41) is 11.1. The average Bonchev–Trinajstić information content (AvgIpc) is 2.35. The van der Waals surface area contributed by atoms with Gasteiger partial charge in [0.1, 0.15) is 5.78 Å². The SMILES string of the molecule is CC(=O)C(C)C(CC(C)c1ccccc1)C(=O)[O-]. The van der Waals surface area contributed by atoms with Crippen LogP contribution in [0.3, 0.4) is 0 Å². The van der Waals surface area contributed by atoms with Crippen LogP contribution in [-0.2, 0) is 9.59 Å². The molecule has 0 aliphatic carbocycles. The third kappa shape index (κ3) is 3.69. The first kappa shape index (κ1) is 14.4. The predicted molar refractivity (Wildman–Crippen MR) is 67.8 cm³/mol. The standard InChI is InChI=1S/C15H20O3/c1-10(13-7-5-4-6-8-13)9-14(15(17)18)11(2)12(3)16/h4-8,10-11,14H,9H2,1-3H3,(H,17,18)/p-1. The topological polar surface area (TPSA) is 57.2 Å². The van der Waals surface area contributed by atoms with Crippen molar-refractivity contribution < 1.29 is 14.7 Å². The molecule has 0 aliphatic rings. The van der Waals surface area contributed by atoms with E-state index in [1.807, 2.05) is 37.3 Å². The van der Waals surface area contributed by atoms with Crippen molar-refractivity contribution in [1.82, 2.24) is 0 Å². The molecule has 3 nitrogen and oxygen atoms in total. The molecule has 0 spiro atoms. The van der Waals surface area contributed by atoms with E-state index in [1.165, 1.54) is 6.92 Å². The Morgan fingerprint density at radius 2 is 1.72 bits per heavy atom. The van der Waals surface area contributed by atoms with Crippen molar-refractivity contribution in [3.63, 3.8) is 0 Å². The fourth-order valence-corrected chi connectivity index (χ4v) is 2.09. The lowest BCUT2D eigenvalue weighted by Crippen LogP contribution is -2.38. The Bertz CT molecular complexity index is 411. The maximum absolute atomic E-state index is 11.3. The van der Waals surface area contributed by atoms with Crippen LogP contribution in [0.25, 0.3) is 0 Å². The van der Waals surface area contributed by atoms with Crippen molar-refractivity contribution in [1.29, 1.82) is 0 Å². The predicted octanol–water partition coefficient (Wildman–Crippen LogP) is 1.77. The second-order valence-corrected chi connectivity index (χ2v) is 4.87. The van der Waals surface area contributed by atoms with E-state index in [0.717, 1.165) is 5.56 Å². The van der Waals surface area contributed by atoms with E-state index >= 15 is 0 Å². The minimum Gasteiger partial charge on any atom is -0.550 e. The first-order valence-electron chi connectivity index (χ1n) is 6.19. The van der Waals surface area contributed by atoms with Crippen molar-refractivity contribution >= 4 is 11.8 Å². The van der Waals surface area contributed by atoms with Crippen LogP contribution in [0.5, 0.6) is 0 Å². The fraction of sp³-hybridized carbons (Fsp3) is 0.467. The molecule has 0 bridgehead atoms. The third-order valence-electron chi connectivity index (χ3n) is 3.52. The number of carboxylic acids is 1. The average molecular weight is 247 g/mol. The van der Waals surface area contributed by atoms with Gasteiger partial charge >= 0.3 is 0 Å². The van der Waals surface area contributed by atoms with Gasteiger partial charge in [-0.2, -0.15) is 0 Å². The smallest absolute Gasteiger partial charge is 0.133 e. The lowest BCUT2D eigenvalue weighted by atomic mass is 9.82. The zero-order valence-corrected chi connectivity index (χ0v) is 11.1. The number of carbonyl (C=O) groups is 2. The number of hydrogen-bond acceptors (Lipinski definition) is 3. The number of hydrogen-bond donors (Lipinski definition) is 0. The van der Waals surface area contributed by atoms with Gasteiger partial charge < -0.3 is 9.90 Å². The highest BCUT2D eigenvalue weighted by Gasteiger charge is 2.24. The maximum Gasteiger partial charge on any atom is 0.133 e. The molecule has 3 heteroatoms. The molecular formula is C15H19O3-. The molecule has 0 fully saturated rings. The van der Waals surface area contributed by atoms with E-state index in [9.17, 15) is 14.7 Å². The Hall–Kier alpha value is -1.64. The largest absolute Gasteiger partial charge is 0.550 e. The molecule has 0 heterocycles.